The van der Waals surface area contributed by atoms with E-state index in [0.717, 1.165) is 67.7 Å². The van der Waals surface area contributed by atoms with Gasteiger partial charge in [-0.1, -0.05) is 30.3 Å². The minimum Gasteiger partial charge on any atom is -0.497 e. The van der Waals surface area contributed by atoms with Crippen molar-refractivity contribution in [2.75, 3.05) is 46.5 Å². The third-order valence-corrected chi connectivity index (χ3v) is 5.73. The number of hydrogen-bond acceptors (Lipinski definition) is 5. The molecule has 0 spiro atoms. The number of hydrogen-bond donors (Lipinski definition) is 1. The Morgan fingerprint density at radius 2 is 1.81 bits per heavy atom. The Balaban J connectivity index is 1.61. The molecule has 32 heavy (non-hydrogen) atoms. The number of aromatic nitrogens is 2. The maximum absolute atomic E-state index is 13.4. The number of rotatable bonds is 8. The topological polar surface area (TPSA) is 71.8 Å². The van der Waals surface area contributed by atoms with E-state index in [-0.39, 0.29) is 5.56 Å². The second kappa shape index (κ2) is 10.4. The van der Waals surface area contributed by atoms with Gasteiger partial charge in [-0.05, 0) is 37.6 Å². The third-order valence-electron chi connectivity index (χ3n) is 5.73. The van der Waals surface area contributed by atoms with Crippen LogP contribution in [0.2, 0.25) is 0 Å². The Labute approximate surface area is 188 Å². The molecular formula is C25H30N4O3. The van der Waals surface area contributed by atoms with Crippen molar-refractivity contribution < 1.29 is 9.47 Å². The average molecular weight is 435 g/mol. The normalized spacial score (nSPS) is 15.1. The van der Waals surface area contributed by atoms with Crippen LogP contribution in [0.15, 0.2) is 64.4 Å². The van der Waals surface area contributed by atoms with Crippen molar-refractivity contribution in [1.29, 1.82) is 0 Å². The van der Waals surface area contributed by atoms with Gasteiger partial charge in [0.2, 0.25) is 0 Å². The fourth-order valence-corrected chi connectivity index (χ4v) is 3.94. The largest absolute Gasteiger partial charge is 0.497 e. The van der Waals surface area contributed by atoms with Gasteiger partial charge in [0.25, 0.3) is 5.56 Å². The van der Waals surface area contributed by atoms with Gasteiger partial charge in [0, 0.05) is 37.5 Å². The Bertz CT molecular complexity index is 1090. The van der Waals surface area contributed by atoms with E-state index in [2.05, 4.69) is 10.00 Å². The van der Waals surface area contributed by atoms with E-state index < -0.39 is 0 Å². The quantitative estimate of drug-likeness (QED) is 0.436. The molecule has 0 aliphatic carbocycles. The van der Waals surface area contributed by atoms with Crippen molar-refractivity contribution in [3.63, 3.8) is 0 Å². The number of nitrogens with zero attached hydrogens (tertiary/aromatic N) is 3. The Morgan fingerprint density at radius 1 is 1.09 bits per heavy atom. The monoisotopic (exact) mass is 434 g/mol. The fourth-order valence-electron chi connectivity index (χ4n) is 3.94. The van der Waals surface area contributed by atoms with Crippen LogP contribution in [-0.2, 0) is 4.74 Å². The molecule has 1 N–H and O–H groups in total. The van der Waals surface area contributed by atoms with E-state index in [1.54, 1.807) is 11.8 Å². The predicted octanol–water partition coefficient (Wildman–Crippen LogP) is 3.37. The van der Waals surface area contributed by atoms with Crippen LogP contribution >= 0.6 is 0 Å². The molecule has 0 amide bonds. The van der Waals surface area contributed by atoms with Crippen LogP contribution in [0, 0.1) is 0 Å². The fraction of sp³-hybridized carbons (Fsp3) is 0.360. The summed E-state index contributed by atoms with van der Waals surface area (Å²) in [6.45, 7) is 7.16. The summed E-state index contributed by atoms with van der Waals surface area (Å²) in [4.78, 5) is 20.6. The molecule has 0 atom stereocenters. The van der Waals surface area contributed by atoms with Gasteiger partial charge < -0.3 is 9.47 Å². The van der Waals surface area contributed by atoms with E-state index in [1.165, 1.54) is 0 Å². The lowest BCUT2D eigenvalue weighted by molar-refractivity contribution is 0.0377. The second-order valence-electron chi connectivity index (χ2n) is 7.84. The minimum absolute atomic E-state index is 0.108. The first-order chi connectivity index (χ1) is 15.7. The zero-order valence-electron chi connectivity index (χ0n) is 18.7. The lowest BCUT2D eigenvalue weighted by Gasteiger charge is -2.26. The van der Waals surface area contributed by atoms with E-state index in [9.17, 15) is 4.79 Å². The number of methoxy groups -OCH3 is 1. The van der Waals surface area contributed by atoms with Crippen molar-refractivity contribution in [3.8, 4) is 22.7 Å². The van der Waals surface area contributed by atoms with Gasteiger partial charge in [-0.25, -0.2) is 4.68 Å². The predicted molar refractivity (Wildman–Crippen MR) is 127 cm³/mol. The molecule has 0 unspecified atom stereocenters. The van der Waals surface area contributed by atoms with Crippen LogP contribution in [0.3, 0.4) is 0 Å². The van der Waals surface area contributed by atoms with Gasteiger partial charge in [0.1, 0.15) is 5.75 Å². The summed E-state index contributed by atoms with van der Waals surface area (Å²) in [6, 6.07) is 17.3. The number of H-pyrrole nitrogens is 1. The van der Waals surface area contributed by atoms with E-state index >= 15 is 0 Å². The summed E-state index contributed by atoms with van der Waals surface area (Å²) in [5.41, 5.74) is 3.73. The molecule has 0 saturated carbocycles. The summed E-state index contributed by atoms with van der Waals surface area (Å²) in [6.07, 6.45) is 0.953. The Morgan fingerprint density at radius 3 is 2.50 bits per heavy atom. The molecule has 0 radical (unpaired) electrons. The molecule has 1 saturated heterocycles. The number of ether oxygens (including phenoxy) is 2. The highest BCUT2D eigenvalue weighted by Gasteiger charge is 2.19. The standard InChI is InChI=1S/C25H30N4O3/c1-19(26-13-6-14-28-15-17-32-18-16-28)23-24(20-7-4-3-5-8-20)27-29(25(23)30)21-9-11-22(31-2)12-10-21/h3-5,7-12,27H,6,13-18H2,1-2H3. The summed E-state index contributed by atoms with van der Waals surface area (Å²) < 4.78 is 12.2. The first-order valence-corrected chi connectivity index (χ1v) is 11.0. The van der Waals surface area contributed by atoms with Crippen LogP contribution in [0.4, 0.5) is 0 Å². The number of aromatic amines is 1. The maximum Gasteiger partial charge on any atom is 0.280 e. The highest BCUT2D eigenvalue weighted by Crippen LogP contribution is 2.22. The summed E-state index contributed by atoms with van der Waals surface area (Å²) in [5, 5.41) is 3.30. The van der Waals surface area contributed by atoms with Crippen molar-refractivity contribution in [3.05, 3.63) is 70.5 Å². The van der Waals surface area contributed by atoms with Crippen LogP contribution in [0.5, 0.6) is 5.75 Å². The molecular weight excluding hydrogens is 404 g/mol. The molecule has 168 valence electrons. The van der Waals surface area contributed by atoms with Gasteiger partial charge in [-0.3, -0.25) is 19.8 Å². The molecule has 1 aliphatic heterocycles. The zero-order chi connectivity index (χ0) is 22.3. The van der Waals surface area contributed by atoms with Gasteiger partial charge >= 0.3 is 0 Å². The third kappa shape index (κ3) is 5.00. The molecule has 7 heteroatoms. The number of benzene rings is 2. The summed E-state index contributed by atoms with van der Waals surface area (Å²) in [5.74, 6) is 0.745. The minimum atomic E-state index is -0.108. The van der Waals surface area contributed by atoms with Crippen LogP contribution in [0.25, 0.3) is 16.9 Å². The molecule has 4 rings (SSSR count). The van der Waals surface area contributed by atoms with Crippen molar-refractivity contribution in [2.24, 2.45) is 4.99 Å². The molecule has 1 fully saturated rings. The second-order valence-corrected chi connectivity index (χ2v) is 7.84. The SMILES string of the molecule is COc1ccc(-n2[nH]c(-c3ccccc3)c(C(C)=NCCCN3CCOCC3)c2=O)cc1. The number of morpholine rings is 1. The van der Waals surface area contributed by atoms with Crippen LogP contribution < -0.4 is 10.3 Å². The number of nitrogens with one attached hydrogen (secondary N) is 1. The van der Waals surface area contributed by atoms with E-state index in [0.29, 0.717) is 12.1 Å². The average Bonchev–Trinajstić information content (AvgIpc) is 3.20. The lowest BCUT2D eigenvalue weighted by Crippen LogP contribution is -2.37. The van der Waals surface area contributed by atoms with Gasteiger partial charge in [0.15, 0.2) is 0 Å². The summed E-state index contributed by atoms with van der Waals surface area (Å²) >= 11 is 0. The first kappa shape index (κ1) is 22.0. The highest BCUT2D eigenvalue weighted by molar-refractivity contribution is 6.03. The van der Waals surface area contributed by atoms with Crippen molar-refractivity contribution in [2.45, 2.75) is 13.3 Å². The molecule has 1 aliphatic rings. The molecule has 0 bridgehead atoms. The zero-order valence-corrected chi connectivity index (χ0v) is 18.7. The molecule has 7 nitrogen and oxygen atoms in total. The molecule has 1 aromatic heterocycles. The first-order valence-electron chi connectivity index (χ1n) is 11.0. The Hall–Kier alpha value is -3.16. The van der Waals surface area contributed by atoms with Crippen LogP contribution in [0.1, 0.15) is 18.9 Å². The number of aliphatic imine (C=N–C) groups is 1. The smallest absolute Gasteiger partial charge is 0.280 e. The van der Waals surface area contributed by atoms with E-state index in [1.807, 2.05) is 61.5 Å². The lowest BCUT2D eigenvalue weighted by atomic mass is 10.1. The molecule has 2 heterocycles. The van der Waals surface area contributed by atoms with Crippen molar-refractivity contribution in [1.82, 2.24) is 14.7 Å². The molecule has 2 aromatic carbocycles. The van der Waals surface area contributed by atoms with E-state index in [4.69, 9.17) is 14.5 Å². The Kier molecular flexibility index (Phi) is 7.19. The van der Waals surface area contributed by atoms with Gasteiger partial charge in [0.05, 0.1) is 37.3 Å². The maximum atomic E-state index is 13.4. The van der Waals surface area contributed by atoms with Crippen molar-refractivity contribution >= 4 is 5.71 Å². The van der Waals surface area contributed by atoms with Crippen LogP contribution in [-0.4, -0.2) is 66.9 Å². The van der Waals surface area contributed by atoms with Gasteiger partial charge in [-0.2, -0.15) is 0 Å². The van der Waals surface area contributed by atoms with Gasteiger partial charge in [-0.15, -0.1) is 0 Å². The highest BCUT2D eigenvalue weighted by atomic mass is 16.5. The summed E-state index contributed by atoms with van der Waals surface area (Å²) in [7, 11) is 1.63. The molecule has 3 aromatic rings.